The highest BCUT2D eigenvalue weighted by molar-refractivity contribution is 5.95. The maximum atomic E-state index is 13.3. The lowest BCUT2D eigenvalue weighted by Crippen LogP contribution is -2.34. The molecular formula is C21H23ClF3N3O2. The molecule has 2 aliphatic rings. The monoisotopic (exact) mass is 441 g/mol. The minimum atomic E-state index is -4.66. The molecule has 0 N–H and O–H groups in total. The predicted octanol–water partition coefficient (Wildman–Crippen LogP) is 3.91. The van der Waals surface area contributed by atoms with Gasteiger partial charge in [0.1, 0.15) is 5.75 Å². The first-order valence-electron chi connectivity index (χ1n) is 9.45. The second-order valence-corrected chi connectivity index (χ2v) is 7.69. The van der Waals surface area contributed by atoms with Crippen LogP contribution in [0.3, 0.4) is 0 Å². The molecule has 0 unspecified atom stereocenters. The van der Waals surface area contributed by atoms with Gasteiger partial charge in [0.2, 0.25) is 0 Å². The summed E-state index contributed by atoms with van der Waals surface area (Å²) in [5.41, 5.74) is -0.382. The van der Waals surface area contributed by atoms with Crippen LogP contribution in [0.1, 0.15) is 27.7 Å². The minimum absolute atomic E-state index is 0. The summed E-state index contributed by atoms with van der Waals surface area (Å²) in [6.45, 7) is 1.67. The number of hydrogen-bond acceptors (Lipinski definition) is 4. The summed E-state index contributed by atoms with van der Waals surface area (Å²) in [5, 5.41) is 0. The van der Waals surface area contributed by atoms with E-state index in [1.165, 1.54) is 12.1 Å². The lowest BCUT2D eigenvalue weighted by atomic mass is 9.89. The second-order valence-electron chi connectivity index (χ2n) is 7.69. The van der Waals surface area contributed by atoms with Gasteiger partial charge in [0, 0.05) is 37.8 Å². The molecule has 0 aliphatic carbocycles. The first-order chi connectivity index (χ1) is 13.8. The van der Waals surface area contributed by atoms with Gasteiger partial charge in [-0.15, -0.1) is 12.4 Å². The number of hydrogen-bond donors (Lipinski definition) is 0. The number of ether oxygens (including phenoxy) is 1. The molecule has 1 aromatic carbocycles. The van der Waals surface area contributed by atoms with Gasteiger partial charge in [0.05, 0.1) is 12.7 Å². The Bertz CT molecular complexity index is 907. The van der Waals surface area contributed by atoms with Gasteiger partial charge in [-0.2, -0.15) is 13.2 Å². The summed E-state index contributed by atoms with van der Waals surface area (Å²) >= 11 is 0. The molecule has 0 bridgehead atoms. The van der Waals surface area contributed by atoms with Crippen molar-refractivity contribution in [2.75, 3.05) is 33.8 Å². The van der Waals surface area contributed by atoms with Gasteiger partial charge >= 0.3 is 6.18 Å². The lowest BCUT2D eigenvalue weighted by molar-refractivity contribution is -0.141. The number of aromatic nitrogens is 1. The number of methoxy groups -OCH3 is 1. The molecule has 0 saturated carbocycles. The summed E-state index contributed by atoms with van der Waals surface area (Å²) in [7, 11) is 3.66. The summed E-state index contributed by atoms with van der Waals surface area (Å²) in [6.07, 6.45) is -3.60. The fourth-order valence-electron chi connectivity index (χ4n) is 4.70. The third-order valence-corrected chi connectivity index (χ3v) is 5.95. The van der Waals surface area contributed by atoms with Crippen molar-refractivity contribution in [1.82, 2.24) is 14.8 Å². The summed E-state index contributed by atoms with van der Waals surface area (Å²) in [6, 6.07) is 10.5. The van der Waals surface area contributed by atoms with Crippen LogP contribution in [-0.4, -0.2) is 54.5 Å². The van der Waals surface area contributed by atoms with Crippen molar-refractivity contribution in [3.8, 4) is 5.75 Å². The first kappa shape index (κ1) is 22.4. The van der Waals surface area contributed by atoms with E-state index in [2.05, 4.69) is 9.88 Å². The van der Waals surface area contributed by atoms with Crippen LogP contribution in [0.4, 0.5) is 13.2 Å². The Morgan fingerprint density at radius 3 is 2.47 bits per heavy atom. The Labute approximate surface area is 179 Å². The Balaban J connectivity index is 0.00000256. The Morgan fingerprint density at radius 1 is 1.13 bits per heavy atom. The number of halogens is 4. The van der Waals surface area contributed by atoms with E-state index in [1.807, 2.05) is 31.3 Å². The summed E-state index contributed by atoms with van der Waals surface area (Å²) < 4.78 is 45.0. The van der Waals surface area contributed by atoms with Gasteiger partial charge in [0.25, 0.3) is 5.91 Å². The van der Waals surface area contributed by atoms with E-state index < -0.39 is 17.8 Å². The molecule has 1 amide bonds. The highest BCUT2D eigenvalue weighted by Gasteiger charge is 2.48. The summed E-state index contributed by atoms with van der Waals surface area (Å²) in [4.78, 5) is 20.1. The van der Waals surface area contributed by atoms with Crippen molar-refractivity contribution in [1.29, 1.82) is 0 Å². The zero-order chi connectivity index (χ0) is 20.8. The molecule has 0 radical (unpaired) electrons. The van der Waals surface area contributed by atoms with Crippen molar-refractivity contribution >= 4 is 18.3 Å². The SMILES string of the molecule is COc1ccc([C@H]2[C@@H]3CN(C(=O)c4cccnc4C(F)(F)F)C[C@@H]3CN2C)cc1.Cl. The van der Waals surface area contributed by atoms with E-state index in [9.17, 15) is 18.0 Å². The number of carbonyl (C=O) groups excluding carboxylic acids is 1. The van der Waals surface area contributed by atoms with E-state index >= 15 is 0 Å². The van der Waals surface area contributed by atoms with Crippen LogP contribution < -0.4 is 4.74 Å². The molecule has 2 aliphatic heterocycles. The van der Waals surface area contributed by atoms with Gasteiger partial charge in [-0.25, -0.2) is 0 Å². The highest BCUT2D eigenvalue weighted by Crippen LogP contribution is 2.45. The van der Waals surface area contributed by atoms with E-state index in [0.29, 0.717) is 13.1 Å². The van der Waals surface area contributed by atoms with Gasteiger partial charge < -0.3 is 9.64 Å². The first-order valence-corrected chi connectivity index (χ1v) is 9.45. The number of likely N-dealkylation sites (tertiary alicyclic amines) is 2. The standard InChI is InChI=1S/C21H22F3N3O2.ClH/c1-26-10-14-11-27(20(28)16-4-3-9-25-19(16)21(22,23)24)12-17(14)18(26)13-5-7-15(29-2)8-6-13;/h3-9,14,17-18H,10-12H2,1-2H3;1H/t14-,17+,18-;/m0./s1. The molecule has 0 spiro atoms. The van der Waals surface area contributed by atoms with Crippen LogP contribution >= 0.6 is 12.4 Å². The third-order valence-electron chi connectivity index (χ3n) is 5.95. The van der Waals surface area contributed by atoms with Crippen LogP contribution in [0, 0.1) is 11.8 Å². The highest BCUT2D eigenvalue weighted by atomic mass is 35.5. The zero-order valence-corrected chi connectivity index (χ0v) is 17.4. The number of rotatable bonds is 3. The van der Waals surface area contributed by atoms with Crippen LogP contribution in [0.5, 0.6) is 5.75 Å². The van der Waals surface area contributed by atoms with Crippen molar-refractivity contribution in [2.45, 2.75) is 12.2 Å². The molecule has 1 aromatic heterocycles. The molecule has 5 nitrogen and oxygen atoms in total. The molecule has 162 valence electrons. The number of carbonyl (C=O) groups is 1. The number of alkyl halides is 3. The fraction of sp³-hybridized carbons (Fsp3) is 0.429. The van der Waals surface area contributed by atoms with Crippen molar-refractivity contribution < 1.29 is 22.7 Å². The minimum Gasteiger partial charge on any atom is -0.497 e. The maximum Gasteiger partial charge on any atom is 0.434 e. The number of fused-ring (bicyclic) bond motifs is 1. The topological polar surface area (TPSA) is 45.7 Å². The van der Waals surface area contributed by atoms with Gasteiger partial charge in [-0.05, 0) is 42.8 Å². The van der Waals surface area contributed by atoms with E-state index in [0.717, 1.165) is 24.1 Å². The maximum absolute atomic E-state index is 13.3. The normalized spacial score (nSPS) is 23.8. The Morgan fingerprint density at radius 2 is 1.83 bits per heavy atom. The van der Waals surface area contributed by atoms with Gasteiger partial charge in [-0.1, -0.05) is 12.1 Å². The van der Waals surface area contributed by atoms with Crippen LogP contribution in [-0.2, 0) is 6.18 Å². The summed E-state index contributed by atoms with van der Waals surface area (Å²) in [5.74, 6) is 0.562. The second kappa shape index (κ2) is 8.43. The molecule has 4 rings (SSSR count). The van der Waals surface area contributed by atoms with Crippen LogP contribution in [0.15, 0.2) is 42.6 Å². The van der Waals surface area contributed by atoms with Crippen molar-refractivity contribution in [2.24, 2.45) is 11.8 Å². The predicted molar refractivity (Wildman–Crippen MR) is 108 cm³/mol. The lowest BCUT2D eigenvalue weighted by Gasteiger charge is -2.27. The average molecular weight is 442 g/mol. The largest absolute Gasteiger partial charge is 0.497 e. The number of benzene rings is 1. The Hall–Kier alpha value is -2.32. The molecular weight excluding hydrogens is 419 g/mol. The van der Waals surface area contributed by atoms with E-state index in [-0.39, 0.29) is 35.8 Å². The zero-order valence-electron chi connectivity index (χ0n) is 16.6. The number of nitrogens with zero attached hydrogens (tertiary/aromatic N) is 3. The van der Waals surface area contributed by atoms with E-state index in [1.54, 1.807) is 12.0 Å². The molecule has 2 saturated heterocycles. The molecule has 3 heterocycles. The van der Waals surface area contributed by atoms with Crippen LogP contribution in [0.25, 0.3) is 0 Å². The van der Waals surface area contributed by atoms with Crippen LogP contribution in [0.2, 0.25) is 0 Å². The molecule has 3 atom stereocenters. The molecule has 2 fully saturated rings. The number of pyridine rings is 1. The van der Waals surface area contributed by atoms with Crippen molar-refractivity contribution in [3.63, 3.8) is 0 Å². The number of amides is 1. The molecule has 2 aromatic rings. The molecule has 30 heavy (non-hydrogen) atoms. The molecule has 9 heteroatoms. The van der Waals surface area contributed by atoms with Gasteiger partial charge in [-0.3, -0.25) is 14.7 Å². The van der Waals surface area contributed by atoms with Crippen molar-refractivity contribution in [3.05, 3.63) is 59.4 Å². The van der Waals surface area contributed by atoms with Gasteiger partial charge in [0.15, 0.2) is 5.69 Å². The third kappa shape index (κ3) is 3.98. The Kier molecular flexibility index (Phi) is 6.29. The average Bonchev–Trinajstić information content (AvgIpc) is 3.23. The fourth-order valence-corrected chi connectivity index (χ4v) is 4.70. The smallest absolute Gasteiger partial charge is 0.434 e. The van der Waals surface area contributed by atoms with E-state index in [4.69, 9.17) is 4.74 Å². The quantitative estimate of drug-likeness (QED) is 0.724.